The predicted octanol–water partition coefficient (Wildman–Crippen LogP) is 0.610. The molecule has 0 aliphatic carbocycles. The van der Waals surface area contributed by atoms with Gasteiger partial charge in [0.1, 0.15) is 0 Å². The van der Waals surface area contributed by atoms with Gasteiger partial charge in [0.05, 0.1) is 13.0 Å². The molecule has 1 aliphatic rings. The largest absolute Gasteiger partial charge is 0.469 e. The number of hydrogen-bond acceptors (Lipinski definition) is 3. The van der Waals surface area contributed by atoms with Crippen LogP contribution >= 0.6 is 15.9 Å². The van der Waals surface area contributed by atoms with Crippen molar-refractivity contribution in [2.24, 2.45) is 11.8 Å². The molecule has 0 aromatic carbocycles. The first-order chi connectivity index (χ1) is 7.10. The van der Waals surface area contributed by atoms with Gasteiger partial charge in [-0.1, -0.05) is 6.92 Å². The topological polar surface area (TPSA) is 46.6 Å². The summed E-state index contributed by atoms with van der Waals surface area (Å²) in [6.07, 6.45) is 0. The van der Waals surface area contributed by atoms with Gasteiger partial charge in [0, 0.05) is 34.9 Å². The van der Waals surface area contributed by atoms with Crippen molar-refractivity contribution in [1.82, 2.24) is 4.90 Å². The second kappa shape index (κ2) is 5.17. The molecule has 1 amide bonds. The van der Waals surface area contributed by atoms with Crippen LogP contribution in [0.2, 0.25) is 0 Å². The van der Waals surface area contributed by atoms with Crippen LogP contribution in [0.4, 0.5) is 0 Å². The fourth-order valence-corrected chi connectivity index (χ4v) is 1.88. The molecule has 0 spiro atoms. The normalized spacial score (nSPS) is 24.3. The lowest BCUT2D eigenvalue weighted by molar-refractivity contribution is -0.146. The summed E-state index contributed by atoms with van der Waals surface area (Å²) in [5.74, 6) is 1.77. The number of esters is 1. The molecule has 0 radical (unpaired) electrons. The van der Waals surface area contributed by atoms with Crippen molar-refractivity contribution in [3.8, 4) is 10.8 Å². The Balaban J connectivity index is 2.66. The summed E-state index contributed by atoms with van der Waals surface area (Å²) in [5.41, 5.74) is 0. The van der Waals surface area contributed by atoms with Crippen LogP contribution in [0, 0.1) is 22.6 Å². The van der Waals surface area contributed by atoms with Gasteiger partial charge in [0.2, 0.25) is 0 Å². The van der Waals surface area contributed by atoms with E-state index in [1.54, 1.807) is 4.90 Å². The molecule has 0 aromatic rings. The second-order valence-electron chi connectivity index (χ2n) is 3.54. The van der Waals surface area contributed by atoms with E-state index < -0.39 is 0 Å². The zero-order valence-corrected chi connectivity index (χ0v) is 10.2. The number of methoxy groups -OCH3 is 1. The number of amides is 1. The van der Waals surface area contributed by atoms with Crippen LogP contribution in [-0.2, 0) is 14.3 Å². The van der Waals surface area contributed by atoms with E-state index in [4.69, 9.17) is 0 Å². The third-order valence-electron chi connectivity index (χ3n) is 2.56. The third-order valence-corrected chi connectivity index (χ3v) is 2.76. The fraction of sp³-hybridized carbons (Fsp3) is 0.600. The number of ether oxygens (including phenoxy) is 1. The molecule has 1 saturated heterocycles. The summed E-state index contributed by atoms with van der Waals surface area (Å²) in [7, 11) is 1.36. The average molecular weight is 274 g/mol. The van der Waals surface area contributed by atoms with Gasteiger partial charge in [-0.2, -0.15) is 0 Å². The Hall–Kier alpha value is -1.02. The zero-order valence-electron chi connectivity index (χ0n) is 8.62. The molecule has 5 heteroatoms. The standard InChI is InChI=1S/C10H12BrNO3/c1-7-5-12(9(13)3-4-11)6-8(7)10(14)15-2/h7-8H,5-6H2,1-2H3. The van der Waals surface area contributed by atoms with Crippen molar-refractivity contribution in [1.29, 1.82) is 0 Å². The van der Waals surface area contributed by atoms with Crippen LogP contribution < -0.4 is 0 Å². The predicted molar refractivity (Wildman–Crippen MR) is 58.0 cm³/mol. The minimum absolute atomic E-state index is 0.124. The number of rotatable bonds is 1. The van der Waals surface area contributed by atoms with E-state index in [0.29, 0.717) is 13.1 Å². The Bertz CT molecular complexity index is 331. The summed E-state index contributed by atoms with van der Waals surface area (Å²) >= 11 is 2.87. The van der Waals surface area contributed by atoms with Gasteiger partial charge in [-0.05, 0) is 10.7 Å². The molecule has 0 aromatic heterocycles. The van der Waals surface area contributed by atoms with Crippen molar-refractivity contribution in [2.75, 3.05) is 20.2 Å². The highest BCUT2D eigenvalue weighted by molar-refractivity contribution is 9.12. The van der Waals surface area contributed by atoms with Crippen LogP contribution in [0.3, 0.4) is 0 Å². The van der Waals surface area contributed by atoms with Crippen molar-refractivity contribution in [3.05, 3.63) is 0 Å². The van der Waals surface area contributed by atoms with E-state index in [2.05, 4.69) is 31.4 Å². The van der Waals surface area contributed by atoms with E-state index in [0.717, 1.165) is 0 Å². The van der Waals surface area contributed by atoms with Crippen LogP contribution in [0.1, 0.15) is 6.92 Å². The molecule has 1 fully saturated rings. The van der Waals surface area contributed by atoms with E-state index in [1.807, 2.05) is 6.92 Å². The smallest absolute Gasteiger partial charge is 0.310 e. The highest BCUT2D eigenvalue weighted by atomic mass is 79.9. The Morgan fingerprint density at radius 3 is 2.67 bits per heavy atom. The first-order valence-electron chi connectivity index (χ1n) is 4.58. The maximum atomic E-state index is 11.4. The summed E-state index contributed by atoms with van der Waals surface area (Å²) in [4.78, 5) is 26.7. The first kappa shape index (κ1) is 12.1. The molecule has 0 N–H and O–H groups in total. The first-order valence-corrected chi connectivity index (χ1v) is 5.37. The molecule has 2 atom stereocenters. The summed E-state index contributed by atoms with van der Waals surface area (Å²) in [5, 5.41) is 0. The van der Waals surface area contributed by atoms with Crippen molar-refractivity contribution >= 4 is 27.8 Å². The van der Waals surface area contributed by atoms with Crippen LogP contribution in [0.5, 0.6) is 0 Å². The molecule has 82 valence electrons. The van der Waals surface area contributed by atoms with Crippen molar-refractivity contribution in [3.63, 3.8) is 0 Å². The highest BCUT2D eigenvalue weighted by Crippen LogP contribution is 2.23. The van der Waals surface area contributed by atoms with Crippen LogP contribution in [0.25, 0.3) is 0 Å². The number of carbonyl (C=O) groups is 2. The Kier molecular flexibility index (Phi) is 4.15. The molecular weight excluding hydrogens is 262 g/mol. The second-order valence-corrected chi connectivity index (χ2v) is 3.93. The third kappa shape index (κ3) is 2.72. The molecule has 0 bridgehead atoms. The number of likely N-dealkylation sites (tertiary alicyclic amines) is 1. The number of nitrogens with zero attached hydrogens (tertiary/aromatic N) is 1. The number of carbonyl (C=O) groups excluding carboxylic acids is 2. The minimum atomic E-state index is -0.260. The maximum Gasteiger partial charge on any atom is 0.310 e. The van der Waals surface area contributed by atoms with E-state index >= 15 is 0 Å². The summed E-state index contributed by atoms with van der Waals surface area (Å²) < 4.78 is 4.67. The molecule has 1 heterocycles. The Morgan fingerprint density at radius 2 is 2.13 bits per heavy atom. The summed E-state index contributed by atoms with van der Waals surface area (Å²) in [6.45, 7) is 2.88. The van der Waals surface area contributed by atoms with Crippen molar-refractivity contribution < 1.29 is 14.3 Å². The van der Waals surface area contributed by atoms with Crippen LogP contribution in [0.15, 0.2) is 0 Å². The van der Waals surface area contributed by atoms with E-state index in [-0.39, 0.29) is 23.7 Å². The monoisotopic (exact) mass is 273 g/mol. The SMILES string of the molecule is COC(=O)C1CN(C(=O)C#CBr)CC1C. The molecule has 2 unspecified atom stereocenters. The number of halogens is 1. The highest BCUT2D eigenvalue weighted by Gasteiger charge is 2.37. The van der Waals surface area contributed by atoms with Crippen LogP contribution in [-0.4, -0.2) is 37.0 Å². The quantitative estimate of drug-likeness (QED) is 0.520. The van der Waals surface area contributed by atoms with E-state index in [1.165, 1.54) is 7.11 Å². The van der Waals surface area contributed by atoms with E-state index in [9.17, 15) is 9.59 Å². The Labute approximate surface area is 97.1 Å². The lowest BCUT2D eigenvalue weighted by atomic mass is 9.99. The maximum absolute atomic E-state index is 11.4. The molecule has 1 rings (SSSR count). The Morgan fingerprint density at radius 1 is 1.47 bits per heavy atom. The molecule has 15 heavy (non-hydrogen) atoms. The lowest BCUT2D eigenvalue weighted by Crippen LogP contribution is -2.28. The van der Waals surface area contributed by atoms with Gasteiger partial charge in [-0.15, -0.1) is 0 Å². The van der Waals surface area contributed by atoms with Gasteiger partial charge in [0.25, 0.3) is 5.91 Å². The van der Waals surface area contributed by atoms with Gasteiger partial charge in [0.15, 0.2) is 0 Å². The lowest BCUT2D eigenvalue weighted by Gasteiger charge is -2.11. The van der Waals surface area contributed by atoms with Gasteiger partial charge in [-0.25, -0.2) is 0 Å². The van der Waals surface area contributed by atoms with Gasteiger partial charge >= 0.3 is 5.97 Å². The zero-order chi connectivity index (χ0) is 11.4. The molecule has 4 nitrogen and oxygen atoms in total. The molecule has 0 saturated carbocycles. The van der Waals surface area contributed by atoms with Gasteiger partial charge < -0.3 is 9.64 Å². The molecule has 1 aliphatic heterocycles. The molecular formula is C10H12BrNO3. The number of hydrogen-bond donors (Lipinski definition) is 0. The van der Waals surface area contributed by atoms with Crippen molar-refractivity contribution in [2.45, 2.75) is 6.92 Å². The minimum Gasteiger partial charge on any atom is -0.469 e. The van der Waals surface area contributed by atoms with Gasteiger partial charge in [-0.3, -0.25) is 9.59 Å². The fourth-order valence-electron chi connectivity index (χ4n) is 1.71. The average Bonchev–Trinajstić information content (AvgIpc) is 2.60. The summed E-state index contributed by atoms with van der Waals surface area (Å²) in [6, 6.07) is 0.